The van der Waals surface area contributed by atoms with Crippen LogP contribution in [0.4, 0.5) is 5.69 Å². The van der Waals surface area contributed by atoms with Crippen molar-refractivity contribution in [3.05, 3.63) is 60.7 Å². The van der Waals surface area contributed by atoms with Gasteiger partial charge >= 0.3 is 0 Å². The lowest BCUT2D eigenvalue weighted by Gasteiger charge is -2.10. The molecule has 0 amide bonds. The fraction of sp³-hybridized carbons (Fsp3) is 0. The van der Waals surface area contributed by atoms with Crippen molar-refractivity contribution in [3.63, 3.8) is 0 Å². The van der Waals surface area contributed by atoms with Crippen LogP contribution in [-0.4, -0.2) is 13.5 Å². The van der Waals surface area contributed by atoms with E-state index in [4.69, 9.17) is 12.2 Å². The van der Waals surface area contributed by atoms with Crippen LogP contribution in [0.2, 0.25) is 0 Å². The largest absolute Gasteiger partial charge is 0.332 e. The maximum atomic E-state index is 12.0. The lowest BCUT2D eigenvalue weighted by atomic mass is 10.3. The fourth-order valence-electron chi connectivity index (χ4n) is 1.46. The van der Waals surface area contributed by atoms with Gasteiger partial charge in [0.05, 0.1) is 4.90 Å². The first-order chi connectivity index (χ1) is 9.08. The summed E-state index contributed by atoms with van der Waals surface area (Å²) in [4.78, 5) is 0.173. The van der Waals surface area contributed by atoms with E-state index in [0.717, 1.165) is 5.69 Å². The molecule has 0 aliphatic rings. The van der Waals surface area contributed by atoms with E-state index in [2.05, 4.69) is 10.0 Å². The minimum absolute atomic E-state index is 0.0371. The number of sulfonamides is 1. The fourth-order valence-corrected chi connectivity index (χ4v) is 2.83. The van der Waals surface area contributed by atoms with Gasteiger partial charge in [-0.05, 0) is 36.5 Å². The second kappa shape index (κ2) is 5.81. The molecule has 0 unspecified atom stereocenters. The Bertz CT molecular complexity index is 656. The van der Waals surface area contributed by atoms with Crippen LogP contribution in [0.25, 0.3) is 0 Å². The monoisotopic (exact) mass is 292 g/mol. The van der Waals surface area contributed by atoms with Gasteiger partial charge in [0.25, 0.3) is 10.0 Å². The molecule has 0 atom stereocenters. The predicted octanol–water partition coefficient (Wildman–Crippen LogP) is 2.36. The highest BCUT2D eigenvalue weighted by atomic mass is 32.2. The zero-order valence-electron chi connectivity index (χ0n) is 9.91. The summed E-state index contributed by atoms with van der Waals surface area (Å²) < 4.78 is 26.3. The Morgan fingerprint density at radius 1 is 0.895 bits per heavy atom. The second-order valence-corrected chi connectivity index (χ2v) is 5.83. The maximum Gasteiger partial charge on any atom is 0.263 e. The number of thiocarbonyl (C=S) groups is 1. The molecule has 0 spiro atoms. The summed E-state index contributed by atoms with van der Waals surface area (Å²) in [5.41, 5.74) is 0.725. The zero-order valence-corrected chi connectivity index (χ0v) is 11.5. The number of nitrogens with one attached hydrogen (secondary N) is 2. The van der Waals surface area contributed by atoms with Gasteiger partial charge in [-0.25, -0.2) is 8.42 Å². The van der Waals surface area contributed by atoms with Crippen LogP contribution in [0.3, 0.4) is 0 Å². The van der Waals surface area contributed by atoms with E-state index < -0.39 is 10.0 Å². The first kappa shape index (κ1) is 13.5. The molecule has 6 heteroatoms. The van der Waals surface area contributed by atoms with Crippen molar-refractivity contribution in [2.24, 2.45) is 0 Å². The number of hydrogen-bond acceptors (Lipinski definition) is 3. The second-order valence-electron chi connectivity index (χ2n) is 3.74. The van der Waals surface area contributed by atoms with Gasteiger partial charge in [-0.2, -0.15) is 0 Å². The molecule has 2 aromatic rings. The van der Waals surface area contributed by atoms with Crippen LogP contribution in [-0.2, 0) is 10.0 Å². The SMILES string of the molecule is O=S(=O)(NC(=S)Nc1ccccc1)c1ccccc1. The Morgan fingerprint density at radius 2 is 1.42 bits per heavy atom. The predicted molar refractivity (Wildman–Crippen MR) is 79.4 cm³/mol. The maximum absolute atomic E-state index is 12.0. The van der Waals surface area contributed by atoms with Gasteiger partial charge in [-0.15, -0.1) is 0 Å². The summed E-state index contributed by atoms with van der Waals surface area (Å²) in [5.74, 6) is 0. The van der Waals surface area contributed by atoms with E-state index in [9.17, 15) is 8.42 Å². The average Bonchev–Trinajstić information content (AvgIpc) is 2.40. The molecule has 4 nitrogen and oxygen atoms in total. The number of hydrogen-bond donors (Lipinski definition) is 2. The van der Waals surface area contributed by atoms with E-state index in [1.165, 1.54) is 12.1 Å². The molecule has 0 aromatic heterocycles. The Morgan fingerprint density at radius 3 is 2.00 bits per heavy atom. The first-order valence-electron chi connectivity index (χ1n) is 5.52. The van der Waals surface area contributed by atoms with E-state index in [-0.39, 0.29) is 10.0 Å². The van der Waals surface area contributed by atoms with Crippen LogP contribution in [0.1, 0.15) is 0 Å². The number of rotatable bonds is 3. The summed E-state index contributed by atoms with van der Waals surface area (Å²) in [6.07, 6.45) is 0. The van der Waals surface area contributed by atoms with Crippen molar-refractivity contribution >= 4 is 33.0 Å². The topological polar surface area (TPSA) is 58.2 Å². The standard InChI is InChI=1S/C13H12N2O2S2/c16-19(17,12-9-5-2-6-10-12)15-13(18)14-11-7-3-1-4-8-11/h1-10H,(H2,14,15,18). The molecule has 0 aliphatic heterocycles. The highest BCUT2D eigenvalue weighted by Gasteiger charge is 2.14. The highest BCUT2D eigenvalue weighted by molar-refractivity contribution is 7.92. The Hall–Kier alpha value is -1.92. The smallest absolute Gasteiger partial charge is 0.263 e. The number of para-hydroxylation sites is 1. The third kappa shape index (κ3) is 3.77. The first-order valence-corrected chi connectivity index (χ1v) is 7.41. The molecule has 2 aromatic carbocycles. The molecule has 0 saturated heterocycles. The van der Waals surface area contributed by atoms with Crippen molar-refractivity contribution in [2.75, 3.05) is 5.32 Å². The summed E-state index contributed by atoms with van der Waals surface area (Å²) in [5, 5.41) is 2.85. The van der Waals surface area contributed by atoms with Gasteiger partial charge in [0.2, 0.25) is 0 Å². The molecule has 0 aliphatic carbocycles. The normalized spacial score (nSPS) is 10.7. The molecule has 2 N–H and O–H groups in total. The number of benzene rings is 2. The molecule has 0 heterocycles. The van der Waals surface area contributed by atoms with E-state index in [1.54, 1.807) is 30.3 Å². The minimum Gasteiger partial charge on any atom is -0.332 e. The Kier molecular flexibility index (Phi) is 4.13. The molecular weight excluding hydrogens is 280 g/mol. The summed E-state index contributed by atoms with van der Waals surface area (Å²) in [6, 6.07) is 17.2. The quantitative estimate of drug-likeness (QED) is 0.853. The lowest BCUT2D eigenvalue weighted by Crippen LogP contribution is -2.34. The van der Waals surface area contributed by atoms with Crippen molar-refractivity contribution in [2.45, 2.75) is 4.90 Å². The number of anilines is 1. The van der Waals surface area contributed by atoms with Crippen molar-refractivity contribution in [1.82, 2.24) is 4.72 Å². The highest BCUT2D eigenvalue weighted by Crippen LogP contribution is 2.08. The van der Waals surface area contributed by atoms with Gasteiger partial charge < -0.3 is 5.32 Å². The van der Waals surface area contributed by atoms with Crippen LogP contribution < -0.4 is 10.0 Å². The molecule has 0 saturated carbocycles. The molecule has 0 fully saturated rings. The molecule has 0 radical (unpaired) electrons. The van der Waals surface area contributed by atoms with Gasteiger partial charge in [-0.3, -0.25) is 4.72 Å². The van der Waals surface area contributed by atoms with Gasteiger partial charge in [-0.1, -0.05) is 36.4 Å². The van der Waals surface area contributed by atoms with Gasteiger partial charge in [0, 0.05) is 5.69 Å². The molecule has 2 rings (SSSR count). The molecule has 98 valence electrons. The van der Waals surface area contributed by atoms with Gasteiger partial charge in [0.1, 0.15) is 0 Å². The zero-order chi connectivity index (χ0) is 13.7. The van der Waals surface area contributed by atoms with E-state index in [1.807, 2.05) is 18.2 Å². The average molecular weight is 292 g/mol. The van der Waals surface area contributed by atoms with Crippen molar-refractivity contribution in [3.8, 4) is 0 Å². The van der Waals surface area contributed by atoms with Crippen LogP contribution >= 0.6 is 12.2 Å². The van der Waals surface area contributed by atoms with Gasteiger partial charge in [0.15, 0.2) is 5.11 Å². The lowest BCUT2D eigenvalue weighted by molar-refractivity contribution is 0.593. The minimum atomic E-state index is -3.63. The third-order valence-corrected chi connectivity index (χ3v) is 4.01. The van der Waals surface area contributed by atoms with E-state index >= 15 is 0 Å². The summed E-state index contributed by atoms with van der Waals surface area (Å²) >= 11 is 4.98. The molecule has 19 heavy (non-hydrogen) atoms. The van der Waals surface area contributed by atoms with Crippen molar-refractivity contribution in [1.29, 1.82) is 0 Å². The summed E-state index contributed by atoms with van der Waals surface area (Å²) in [6.45, 7) is 0. The van der Waals surface area contributed by atoms with Crippen LogP contribution in [0, 0.1) is 0 Å². The van der Waals surface area contributed by atoms with Crippen molar-refractivity contribution < 1.29 is 8.42 Å². The Balaban J connectivity index is 2.07. The van der Waals surface area contributed by atoms with Crippen LogP contribution in [0.15, 0.2) is 65.6 Å². The molecule has 0 bridgehead atoms. The van der Waals surface area contributed by atoms with Crippen LogP contribution in [0.5, 0.6) is 0 Å². The Labute approximate surface area is 117 Å². The van der Waals surface area contributed by atoms with E-state index in [0.29, 0.717) is 0 Å². The summed E-state index contributed by atoms with van der Waals surface area (Å²) in [7, 11) is -3.63. The third-order valence-electron chi connectivity index (χ3n) is 2.31. The molecular formula is C13H12N2O2S2.